The molecule has 0 aromatic heterocycles. The standard InChI is InChI=1S/C12H16O2Si/c1-15(2,3)11-6-4-5-10(9-11)12-13-7-8-14-12/h4-9,12H,1-3H3. The molecular formula is C12H16O2Si. The minimum absolute atomic E-state index is 0.249. The SMILES string of the molecule is C[Si](C)(C)c1cccc(C2OC=CO2)c1. The van der Waals surface area contributed by atoms with E-state index in [9.17, 15) is 0 Å². The molecule has 0 fully saturated rings. The van der Waals surface area contributed by atoms with E-state index in [4.69, 9.17) is 9.47 Å². The van der Waals surface area contributed by atoms with Crippen LogP contribution in [0.4, 0.5) is 0 Å². The minimum atomic E-state index is -1.25. The number of benzene rings is 1. The van der Waals surface area contributed by atoms with Gasteiger partial charge in [-0.15, -0.1) is 0 Å². The Morgan fingerprint density at radius 3 is 2.33 bits per heavy atom. The zero-order valence-electron chi connectivity index (χ0n) is 9.36. The van der Waals surface area contributed by atoms with E-state index in [2.05, 4.69) is 37.8 Å². The van der Waals surface area contributed by atoms with Crippen LogP contribution in [0.5, 0.6) is 0 Å². The topological polar surface area (TPSA) is 18.5 Å². The molecule has 2 rings (SSSR count). The quantitative estimate of drug-likeness (QED) is 0.714. The number of rotatable bonds is 2. The highest BCUT2D eigenvalue weighted by molar-refractivity contribution is 6.88. The Morgan fingerprint density at radius 1 is 1.07 bits per heavy atom. The average molecular weight is 220 g/mol. The third-order valence-corrected chi connectivity index (χ3v) is 4.53. The molecule has 1 aromatic carbocycles. The summed E-state index contributed by atoms with van der Waals surface area (Å²) in [7, 11) is -1.25. The molecule has 0 radical (unpaired) electrons. The lowest BCUT2D eigenvalue weighted by Gasteiger charge is -2.19. The molecule has 3 heteroatoms. The van der Waals surface area contributed by atoms with Crippen molar-refractivity contribution in [1.82, 2.24) is 0 Å². The van der Waals surface area contributed by atoms with Crippen molar-refractivity contribution in [2.45, 2.75) is 25.9 Å². The first-order valence-electron chi connectivity index (χ1n) is 5.14. The Bertz CT molecular complexity index is 371. The van der Waals surface area contributed by atoms with Gasteiger partial charge in [0.15, 0.2) is 0 Å². The Kier molecular flexibility index (Phi) is 2.57. The van der Waals surface area contributed by atoms with E-state index in [0.717, 1.165) is 5.56 Å². The van der Waals surface area contributed by atoms with Crippen molar-refractivity contribution < 1.29 is 9.47 Å². The van der Waals surface area contributed by atoms with Crippen LogP contribution in [0, 0.1) is 0 Å². The van der Waals surface area contributed by atoms with Crippen molar-refractivity contribution in [3.05, 3.63) is 42.4 Å². The van der Waals surface area contributed by atoms with Gasteiger partial charge in [-0.1, -0.05) is 49.1 Å². The molecule has 0 saturated carbocycles. The smallest absolute Gasteiger partial charge is 0.266 e. The predicted octanol–water partition coefficient (Wildman–Crippen LogP) is 2.75. The second-order valence-corrected chi connectivity index (χ2v) is 9.83. The van der Waals surface area contributed by atoms with Crippen LogP contribution in [0.25, 0.3) is 0 Å². The fourth-order valence-corrected chi connectivity index (χ4v) is 2.74. The van der Waals surface area contributed by atoms with Crippen LogP contribution in [-0.2, 0) is 9.47 Å². The van der Waals surface area contributed by atoms with Gasteiger partial charge in [-0.25, -0.2) is 0 Å². The highest BCUT2D eigenvalue weighted by Crippen LogP contribution is 2.23. The van der Waals surface area contributed by atoms with Crippen molar-refractivity contribution >= 4 is 13.3 Å². The van der Waals surface area contributed by atoms with E-state index < -0.39 is 8.07 Å². The summed E-state index contributed by atoms with van der Waals surface area (Å²) >= 11 is 0. The molecule has 15 heavy (non-hydrogen) atoms. The van der Waals surface area contributed by atoms with Crippen molar-refractivity contribution in [1.29, 1.82) is 0 Å². The van der Waals surface area contributed by atoms with Gasteiger partial charge >= 0.3 is 0 Å². The number of hydrogen-bond donors (Lipinski definition) is 0. The minimum Gasteiger partial charge on any atom is -0.455 e. The van der Waals surface area contributed by atoms with E-state index >= 15 is 0 Å². The summed E-state index contributed by atoms with van der Waals surface area (Å²) in [5, 5.41) is 1.43. The maximum Gasteiger partial charge on any atom is 0.266 e. The second-order valence-electron chi connectivity index (χ2n) is 4.75. The van der Waals surface area contributed by atoms with Crippen LogP contribution in [0.3, 0.4) is 0 Å². The van der Waals surface area contributed by atoms with Crippen LogP contribution in [0.15, 0.2) is 36.8 Å². The number of ether oxygens (including phenoxy) is 2. The Morgan fingerprint density at radius 2 is 1.73 bits per heavy atom. The molecule has 0 unspecified atom stereocenters. The second kappa shape index (κ2) is 3.74. The van der Waals surface area contributed by atoms with Crippen molar-refractivity contribution in [2.75, 3.05) is 0 Å². The molecular weight excluding hydrogens is 204 g/mol. The molecule has 1 aliphatic rings. The maximum atomic E-state index is 5.32. The molecule has 0 aliphatic carbocycles. The van der Waals surface area contributed by atoms with Gasteiger partial charge in [-0.05, 0) is 0 Å². The third-order valence-electron chi connectivity index (χ3n) is 2.48. The van der Waals surface area contributed by atoms with Gasteiger partial charge in [-0.3, -0.25) is 0 Å². The van der Waals surface area contributed by atoms with E-state index in [0.29, 0.717) is 0 Å². The highest BCUT2D eigenvalue weighted by atomic mass is 28.3. The lowest BCUT2D eigenvalue weighted by Crippen LogP contribution is -2.37. The first kappa shape index (κ1) is 10.3. The fourth-order valence-electron chi connectivity index (χ4n) is 1.55. The molecule has 0 atom stereocenters. The molecule has 0 N–H and O–H groups in total. The van der Waals surface area contributed by atoms with Gasteiger partial charge in [0.2, 0.25) is 0 Å². The van der Waals surface area contributed by atoms with Crippen molar-refractivity contribution in [3.8, 4) is 0 Å². The first-order chi connectivity index (χ1) is 7.07. The Hall–Kier alpha value is -1.22. The van der Waals surface area contributed by atoms with Crippen LogP contribution in [0.2, 0.25) is 19.6 Å². The summed E-state index contributed by atoms with van der Waals surface area (Å²) in [4.78, 5) is 0. The van der Waals surface area contributed by atoms with Gasteiger partial charge in [0.1, 0.15) is 12.5 Å². The Labute approximate surface area is 91.5 Å². The zero-order valence-corrected chi connectivity index (χ0v) is 10.4. The lowest BCUT2D eigenvalue weighted by atomic mass is 10.2. The molecule has 1 aromatic rings. The van der Waals surface area contributed by atoms with Gasteiger partial charge < -0.3 is 9.47 Å². The molecule has 2 nitrogen and oxygen atoms in total. The molecule has 0 amide bonds. The normalized spacial score (nSPS) is 16.2. The van der Waals surface area contributed by atoms with Crippen LogP contribution in [-0.4, -0.2) is 8.07 Å². The molecule has 1 aliphatic heterocycles. The van der Waals surface area contributed by atoms with Gasteiger partial charge in [0, 0.05) is 5.56 Å². The summed E-state index contributed by atoms with van der Waals surface area (Å²) < 4.78 is 10.6. The number of hydrogen-bond acceptors (Lipinski definition) is 2. The van der Waals surface area contributed by atoms with Gasteiger partial charge in [0.05, 0.1) is 8.07 Å². The summed E-state index contributed by atoms with van der Waals surface area (Å²) in [5.74, 6) is 0. The largest absolute Gasteiger partial charge is 0.455 e. The maximum absolute atomic E-state index is 5.32. The van der Waals surface area contributed by atoms with Gasteiger partial charge in [-0.2, -0.15) is 0 Å². The first-order valence-corrected chi connectivity index (χ1v) is 8.64. The zero-order chi connectivity index (χ0) is 10.9. The monoisotopic (exact) mass is 220 g/mol. The predicted molar refractivity (Wildman–Crippen MR) is 63.5 cm³/mol. The average Bonchev–Trinajstić information content (AvgIpc) is 2.69. The van der Waals surface area contributed by atoms with Crippen molar-refractivity contribution in [3.63, 3.8) is 0 Å². The third kappa shape index (κ3) is 2.23. The van der Waals surface area contributed by atoms with E-state index in [-0.39, 0.29) is 6.29 Å². The summed E-state index contributed by atoms with van der Waals surface area (Å²) in [6.07, 6.45) is 2.93. The van der Waals surface area contributed by atoms with Gasteiger partial charge in [0.25, 0.3) is 6.29 Å². The lowest BCUT2D eigenvalue weighted by molar-refractivity contribution is -0.0245. The Balaban J connectivity index is 2.26. The summed E-state index contributed by atoms with van der Waals surface area (Å²) in [6.45, 7) is 7.00. The molecule has 0 bridgehead atoms. The van der Waals surface area contributed by atoms with E-state index in [1.54, 1.807) is 12.5 Å². The summed E-state index contributed by atoms with van der Waals surface area (Å²) in [5.41, 5.74) is 1.10. The fraction of sp³-hybridized carbons (Fsp3) is 0.333. The van der Waals surface area contributed by atoms with E-state index in [1.165, 1.54) is 5.19 Å². The van der Waals surface area contributed by atoms with Crippen LogP contribution < -0.4 is 5.19 Å². The highest BCUT2D eigenvalue weighted by Gasteiger charge is 2.20. The van der Waals surface area contributed by atoms with Crippen LogP contribution >= 0.6 is 0 Å². The molecule has 0 spiro atoms. The molecule has 0 saturated heterocycles. The van der Waals surface area contributed by atoms with E-state index in [1.807, 2.05) is 6.07 Å². The summed E-state index contributed by atoms with van der Waals surface area (Å²) in [6, 6.07) is 8.51. The van der Waals surface area contributed by atoms with Crippen LogP contribution in [0.1, 0.15) is 11.9 Å². The molecule has 80 valence electrons. The molecule has 1 heterocycles. The van der Waals surface area contributed by atoms with Crippen molar-refractivity contribution in [2.24, 2.45) is 0 Å².